The molecular formula is C19H16N4O2S. The van der Waals surface area contributed by atoms with E-state index in [0.717, 1.165) is 45.4 Å². The van der Waals surface area contributed by atoms with E-state index in [0.29, 0.717) is 5.82 Å². The third kappa shape index (κ3) is 2.65. The maximum Gasteiger partial charge on any atom is 0.228 e. The molecule has 26 heavy (non-hydrogen) atoms. The fourth-order valence-electron chi connectivity index (χ4n) is 3.13. The highest BCUT2D eigenvalue weighted by Gasteiger charge is 2.30. The normalized spacial score (nSPS) is 14.2. The Morgan fingerprint density at radius 1 is 1.31 bits per heavy atom. The zero-order chi connectivity index (χ0) is 17.7. The number of amides is 1. The predicted octanol–water partition coefficient (Wildman–Crippen LogP) is 3.45. The van der Waals surface area contributed by atoms with Crippen LogP contribution in [0.3, 0.4) is 0 Å². The number of aliphatic hydroxyl groups excluding tert-OH is 1. The van der Waals surface area contributed by atoms with Crippen molar-refractivity contribution in [3.63, 3.8) is 0 Å². The summed E-state index contributed by atoms with van der Waals surface area (Å²) in [5.41, 5.74) is 6.27. The number of pyridine rings is 1. The number of aliphatic hydroxyl groups is 1. The first-order valence-electron chi connectivity index (χ1n) is 8.48. The molecule has 1 amide bonds. The molecule has 1 aliphatic rings. The van der Waals surface area contributed by atoms with Crippen molar-refractivity contribution in [2.24, 2.45) is 5.92 Å². The molecule has 1 aromatic carbocycles. The lowest BCUT2D eigenvalue weighted by Gasteiger charge is -2.08. The standard InChI is InChI=1S/C19H16N4O2S/c24-9-13-5-15-16(26-10-20-15)6-14(13)12-3-4-18-21-17(8-23(18)7-12)22-19(25)11-1-2-11/h3-8,10-11,24H,1-2,9H2,(H,22,25). The van der Waals surface area contributed by atoms with Gasteiger partial charge < -0.3 is 14.8 Å². The summed E-state index contributed by atoms with van der Waals surface area (Å²) in [5, 5.41) is 12.6. The molecule has 0 radical (unpaired) electrons. The third-order valence-electron chi connectivity index (χ3n) is 4.69. The van der Waals surface area contributed by atoms with Crippen LogP contribution >= 0.6 is 11.3 Å². The van der Waals surface area contributed by atoms with Crippen molar-refractivity contribution in [2.75, 3.05) is 5.32 Å². The molecule has 7 heteroatoms. The molecule has 0 spiro atoms. The van der Waals surface area contributed by atoms with E-state index in [2.05, 4.69) is 21.4 Å². The Labute approximate surface area is 153 Å². The number of rotatable bonds is 4. The van der Waals surface area contributed by atoms with E-state index in [-0.39, 0.29) is 18.4 Å². The van der Waals surface area contributed by atoms with E-state index in [1.165, 1.54) is 0 Å². The summed E-state index contributed by atoms with van der Waals surface area (Å²) in [7, 11) is 0. The smallest absolute Gasteiger partial charge is 0.228 e. The number of thiazole rings is 1. The SMILES string of the molecule is O=C(Nc1cn2cc(-c3cc4scnc4cc3CO)ccc2n1)C1CC1. The van der Waals surface area contributed by atoms with Crippen LogP contribution in [0.2, 0.25) is 0 Å². The Kier molecular flexibility index (Phi) is 3.51. The van der Waals surface area contributed by atoms with E-state index < -0.39 is 0 Å². The number of carbonyl (C=O) groups is 1. The van der Waals surface area contributed by atoms with Crippen molar-refractivity contribution in [1.29, 1.82) is 0 Å². The monoisotopic (exact) mass is 364 g/mol. The summed E-state index contributed by atoms with van der Waals surface area (Å²) < 4.78 is 2.98. The molecule has 0 saturated heterocycles. The Balaban J connectivity index is 1.55. The maximum atomic E-state index is 11.9. The van der Waals surface area contributed by atoms with Gasteiger partial charge in [-0.15, -0.1) is 11.3 Å². The molecular weight excluding hydrogens is 348 g/mol. The fourth-order valence-corrected chi connectivity index (χ4v) is 3.83. The number of nitrogens with one attached hydrogen (secondary N) is 1. The molecule has 6 nitrogen and oxygen atoms in total. The van der Waals surface area contributed by atoms with Gasteiger partial charge in [-0.3, -0.25) is 4.79 Å². The summed E-state index contributed by atoms with van der Waals surface area (Å²) >= 11 is 1.58. The second-order valence-electron chi connectivity index (χ2n) is 6.56. The number of benzene rings is 1. The lowest BCUT2D eigenvalue weighted by molar-refractivity contribution is -0.117. The first-order chi connectivity index (χ1) is 12.7. The molecule has 0 aliphatic heterocycles. The number of carbonyl (C=O) groups excluding carboxylic acids is 1. The van der Waals surface area contributed by atoms with Gasteiger partial charge in [0.1, 0.15) is 5.65 Å². The number of aromatic nitrogens is 3. The first kappa shape index (κ1) is 15.5. The Bertz CT molecular complexity index is 1140. The van der Waals surface area contributed by atoms with Crippen molar-refractivity contribution >= 4 is 38.9 Å². The summed E-state index contributed by atoms with van der Waals surface area (Å²) in [6.07, 6.45) is 5.72. The lowest BCUT2D eigenvalue weighted by Crippen LogP contribution is -2.13. The Morgan fingerprint density at radius 3 is 3.00 bits per heavy atom. The summed E-state index contributed by atoms with van der Waals surface area (Å²) in [6.45, 7) is -0.0482. The number of nitrogens with zero attached hydrogens (tertiary/aromatic N) is 3. The topological polar surface area (TPSA) is 79.5 Å². The zero-order valence-electron chi connectivity index (χ0n) is 13.8. The van der Waals surface area contributed by atoms with Crippen LogP contribution in [0.5, 0.6) is 0 Å². The van der Waals surface area contributed by atoms with E-state index in [4.69, 9.17) is 0 Å². The second kappa shape index (κ2) is 5.89. The molecule has 0 unspecified atom stereocenters. The predicted molar refractivity (Wildman–Crippen MR) is 101 cm³/mol. The van der Waals surface area contributed by atoms with Crippen LogP contribution < -0.4 is 5.32 Å². The van der Waals surface area contributed by atoms with Gasteiger partial charge in [0.05, 0.1) is 28.5 Å². The van der Waals surface area contributed by atoms with Crippen LogP contribution in [0, 0.1) is 5.92 Å². The van der Waals surface area contributed by atoms with Crippen LogP contribution in [0.4, 0.5) is 5.82 Å². The van der Waals surface area contributed by atoms with Crippen LogP contribution in [0.1, 0.15) is 18.4 Å². The molecule has 0 bridgehead atoms. The van der Waals surface area contributed by atoms with Gasteiger partial charge in [0.15, 0.2) is 5.82 Å². The quantitative estimate of drug-likeness (QED) is 0.581. The molecule has 2 N–H and O–H groups in total. The highest BCUT2D eigenvalue weighted by atomic mass is 32.1. The molecule has 3 heterocycles. The highest BCUT2D eigenvalue weighted by molar-refractivity contribution is 7.16. The minimum absolute atomic E-state index is 0.0480. The molecule has 130 valence electrons. The van der Waals surface area contributed by atoms with Crippen molar-refractivity contribution in [3.05, 3.63) is 47.7 Å². The van der Waals surface area contributed by atoms with Crippen LogP contribution in [-0.4, -0.2) is 25.4 Å². The average molecular weight is 364 g/mol. The fraction of sp³-hybridized carbons (Fsp3) is 0.211. The molecule has 0 atom stereocenters. The van der Waals surface area contributed by atoms with Crippen molar-refractivity contribution < 1.29 is 9.90 Å². The van der Waals surface area contributed by atoms with Gasteiger partial charge in [-0.25, -0.2) is 9.97 Å². The van der Waals surface area contributed by atoms with Gasteiger partial charge in [0, 0.05) is 12.1 Å². The maximum absolute atomic E-state index is 11.9. The molecule has 1 fully saturated rings. The number of imidazole rings is 1. The van der Waals surface area contributed by atoms with Gasteiger partial charge in [0.2, 0.25) is 5.91 Å². The van der Waals surface area contributed by atoms with Crippen molar-refractivity contribution in [1.82, 2.24) is 14.4 Å². The largest absolute Gasteiger partial charge is 0.392 e. The number of anilines is 1. The van der Waals surface area contributed by atoms with Gasteiger partial charge in [-0.2, -0.15) is 0 Å². The second-order valence-corrected chi connectivity index (χ2v) is 7.45. The first-order valence-corrected chi connectivity index (χ1v) is 9.36. The molecule has 5 rings (SSSR count). The Hall–Kier alpha value is -2.77. The van der Waals surface area contributed by atoms with Crippen molar-refractivity contribution in [3.8, 4) is 11.1 Å². The van der Waals surface area contributed by atoms with Crippen LogP contribution in [-0.2, 0) is 11.4 Å². The average Bonchev–Trinajstić information content (AvgIpc) is 3.28. The van der Waals surface area contributed by atoms with E-state index in [1.54, 1.807) is 11.3 Å². The van der Waals surface area contributed by atoms with Gasteiger partial charge in [-0.1, -0.05) is 0 Å². The number of fused-ring (bicyclic) bond motifs is 2. The minimum Gasteiger partial charge on any atom is -0.392 e. The molecule has 4 aromatic rings. The van der Waals surface area contributed by atoms with Crippen LogP contribution in [0.25, 0.3) is 27.0 Å². The van der Waals surface area contributed by atoms with Gasteiger partial charge in [-0.05, 0) is 53.8 Å². The number of hydrogen-bond donors (Lipinski definition) is 2. The molecule has 1 aliphatic carbocycles. The van der Waals surface area contributed by atoms with E-state index in [9.17, 15) is 9.90 Å². The van der Waals surface area contributed by atoms with E-state index >= 15 is 0 Å². The van der Waals surface area contributed by atoms with Gasteiger partial charge >= 0.3 is 0 Å². The van der Waals surface area contributed by atoms with Crippen molar-refractivity contribution in [2.45, 2.75) is 19.4 Å². The molecule has 3 aromatic heterocycles. The third-order valence-corrected chi connectivity index (χ3v) is 5.48. The Morgan fingerprint density at radius 2 is 2.19 bits per heavy atom. The lowest BCUT2D eigenvalue weighted by atomic mass is 10.0. The van der Waals surface area contributed by atoms with Gasteiger partial charge in [0.25, 0.3) is 0 Å². The number of hydrogen-bond acceptors (Lipinski definition) is 5. The summed E-state index contributed by atoms with van der Waals surface area (Å²) in [4.78, 5) is 20.7. The highest BCUT2D eigenvalue weighted by Crippen LogP contribution is 2.32. The minimum atomic E-state index is -0.0482. The molecule has 1 saturated carbocycles. The van der Waals surface area contributed by atoms with E-state index in [1.807, 2.05) is 40.5 Å². The summed E-state index contributed by atoms with van der Waals surface area (Å²) in [6, 6.07) is 7.89. The zero-order valence-corrected chi connectivity index (χ0v) is 14.7. The van der Waals surface area contributed by atoms with Crippen LogP contribution in [0.15, 0.2) is 42.2 Å². The summed E-state index contributed by atoms with van der Waals surface area (Å²) in [5.74, 6) is 0.764.